The summed E-state index contributed by atoms with van der Waals surface area (Å²) in [7, 11) is 4.70. The Morgan fingerprint density at radius 1 is 1.09 bits per heavy atom. The molecule has 2 aliphatic rings. The third kappa shape index (κ3) is 3.23. The van der Waals surface area contributed by atoms with E-state index >= 15 is 0 Å². The van der Waals surface area contributed by atoms with E-state index in [-0.39, 0.29) is 5.91 Å². The number of ether oxygens (including phenoxy) is 3. The molecule has 0 spiro atoms. The Morgan fingerprint density at radius 3 is 2.26 bits per heavy atom. The maximum absolute atomic E-state index is 12.4. The highest BCUT2D eigenvalue weighted by molar-refractivity contribution is 5.91. The summed E-state index contributed by atoms with van der Waals surface area (Å²) in [5, 5.41) is 2.97. The van der Waals surface area contributed by atoms with E-state index < -0.39 is 0 Å². The predicted octanol–water partition coefficient (Wildman–Crippen LogP) is 3.48. The zero-order valence-corrected chi connectivity index (χ0v) is 14.1. The van der Waals surface area contributed by atoms with Gasteiger partial charge in [0.05, 0.1) is 21.3 Å². The Morgan fingerprint density at radius 2 is 1.78 bits per heavy atom. The summed E-state index contributed by atoms with van der Waals surface area (Å²) < 4.78 is 15.9. The van der Waals surface area contributed by atoms with Crippen LogP contribution in [0.15, 0.2) is 12.1 Å². The molecule has 0 aliphatic heterocycles. The van der Waals surface area contributed by atoms with Gasteiger partial charge in [-0.25, -0.2) is 0 Å². The Balaban J connectivity index is 1.68. The monoisotopic (exact) mass is 319 g/mol. The van der Waals surface area contributed by atoms with E-state index in [1.165, 1.54) is 25.7 Å². The summed E-state index contributed by atoms with van der Waals surface area (Å²) in [5.41, 5.74) is 0.674. The Bertz CT molecular complexity index is 561. The molecule has 0 radical (unpaired) electrons. The molecule has 5 nitrogen and oxygen atoms in total. The first kappa shape index (κ1) is 16.0. The minimum absolute atomic E-state index is 0.0665. The molecule has 1 aromatic carbocycles. The number of rotatable bonds is 6. The first-order valence-electron chi connectivity index (χ1n) is 8.24. The number of amides is 1. The lowest BCUT2D eigenvalue weighted by Gasteiger charge is -2.21. The molecular weight excluding hydrogens is 294 g/mol. The second-order valence-electron chi connectivity index (χ2n) is 6.60. The Hall–Kier alpha value is -1.91. The second-order valence-corrected chi connectivity index (χ2v) is 6.60. The molecule has 5 heteroatoms. The molecular formula is C18H25NO4. The predicted molar refractivity (Wildman–Crippen MR) is 88.3 cm³/mol. The molecule has 126 valence electrons. The minimum atomic E-state index is 0.0665. The van der Waals surface area contributed by atoms with Crippen molar-refractivity contribution >= 4 is 11.6 Å². The summed E-state index contributed by atoms with van der Waals surface area (Å²) in [6.45, 7) is 0. The highest BCUT2D eigenvalue weighted by atomic mass is 16.5. The van der Waals surface area contributed by atoms with E-state index in [1.807, 2.05) is 0 Å². The highest BCUT2D eigenvalue weighted by Crippen LogP contribution is 2.49. The average molecular weight is 319 g/mol. The van der Waals surface area contributed by atoms with Crippen LogP contribution in [-0.4, -0.2) is 27.2 Å². The number of carbonyl (C=O) groups excluding carboxylic acids is 1. The smallest absolute Gasteiger partial charge is 0.224 e. The fourth-order valence-corrected chi connectivity index (χ4v) is 4.23. The lowest BCUT2D eigenvalue weighted by atomic mass is 9.86. The second kappa shape index (κ2) is 6.69. The SMILES string of the molecule is COc1cc(NC(=O)C[C@H]2C[C@@H]3CC[C@H]2C3)cc(OC)c1OC. The molecule has 3 atom stereocenters. The van der Waals surface area contributed by atoms with Crippen LogP contribution in [0.1, 0.15) is 32.1 Å². The molecule has 1 N–H and O–H groups in total. The maximum Gasteiger partial charge on any atom is 0.224 e. The average Bonchev–Trinajstić information content (AvgIpc) is 3.16. The summed E-state index contributed by atoms with van der Waals surface area (Å²) in [5.74, 6) is 3.85. The number of hydrogen-bond donors (Lipinski definition) is 1. The van der Waals surface area contributed by atoms with Gasteiger partial charge in [-0.15, -0.1) is 0 Å². The molecule has 0 heterocycles. The fourth-order valence-electron chi connectivity index (χ4n) is 4.23. The first-order chi connectivity index (χ1) is 11.1. The summed E-state index contributed by atoms with van der Waals surface area (Å²) in [6, 6.07) is 3.53. The molecule has 0 unspecified atom stereocenters. The van der Waals surface area contributed by atoms with Crippen molar-refractivity contribution in [3.05, 3.63) is 12.1 Å². The van der Waals surface area contributed by atoms with Gasteiger partial charge in [-0.05, 0) is 37.0 Å². The van der Waals surface area contributed by atoms with Crippen LogP contribution in [0.5, 0.6) is 17.2 Å². The van der Waals surface area contributed by atoms with Crippen molar-refractivity contribution in [2.75, 3.05) is 26.6 Å². The Kier molecular flexibility index (Phi) is 4.64. The van der Waals surface area contributed by atoms with Gasteiger partial charge in [0.15, 0.2) is 11.5 Å². The molecule has 2 saturated carbocycles. The van der Waals surface area contributed by atoms with Crippen LogP contribution in [0.4, 0.5) is 5.69 Å². The van der Waals surface area contributed by atoms with Crippen LogP contribution in [0.2, 0.25) is 0 Å². The van der Waals surface area contributed by atoms with Crippen molar-refractivity contribution in [2.24, 2.45) is 17.8 Å². The van der Waals surface area contributed by atoms with Gasteiger partial charge in [0, 0.05) is 24.2 Å². The van der Waals surface area contributed by atoms with Crippen molar-refractivity contribution in [3.63, 3.8) is 0 Å². The minimum Gasteiger partial charge on any atom is -0.493 e. The van der Waals surface area contributed by atoms with Crippen LogP contribution in [-0.2, 0) is 4.79 Å². The number of anilines is 1. The quantitative estimate of drug-likeness (QED) is 0.872. The topological polar surface area (TPSA) is 56.8 Å². The number of hydrogen-bond acceptors (Lipinski definition) is 4. The fraction of sp³-hybridized carbons (Fsp3) is 0.611. The largest absolute Gasteiger partial charge is 0.493 e. The van der Waals surface area contributed by atoms with E-state index in [2.05, 4.69) is 5.32 Å². The number of methoxy groups -OCH3 is 3. The van der Waals surface area contributed by atoms with Crippen LogP contribution in [0, 0.1) is 17.8 Å². The molecule has 2 fully saturated rings. The van der Waals surface area contributed by atoms with E-state index in [0.717, 1.165) is 11.8 Å². The summed E-state index contributed by atoms with van der Waals surface area (Å²) in [6.07, 6.45) is 5.80. The highest BCUT2D eigenvalue weighted by Gasteiger charge is 2.40. The molecule has 3 rings (SSSR count). The molecule has 1 amide bonds. The van der Waals surface area contributed by atoms with Gasteiger partial charge in [-0.1, -0.05) is 6.42 Å². The van der Waals surface area contributed by atoms with Crippen LogP contribution >= 0.6 is 0 Å². The summed E-state index contributed by atoms with van der Waals surface area (Å²) in [4.78, 5) is 12.4. The van der Waals surface area contributed by atoms with Crippen LogP contribution in [0.25, 0.3) is 0 Å². The standard InChI is InChI=1S/C18H25NO4/c1-21-15-9-14(10-16(22-2)18(15)23-3)19-17(20)8-13-7-11-4-5-12(13)6-11/h9-13H,4-8H2,1-3H3,(H,19,20)/t11-,12+,13-/m1/s1. The maximum atomic E-state index is 12.4. The zero-order chi connectivity index (χ0) is 16.4. The van der Waals surface area contributed by atoms with Crippen LogP contribution in [0.3, 0.4) is 0 Å². The number of benzene rings is 1. The van der Waals surface area contributed by atoms with Gasteiger partial charge in [0.1, 0.15) is 0 Å². The van der Waals surface area contributed by atoms with Crippen molar-refractivity contribution in [1.82, 2.24) is 0 Å². The van der Waals surface area contributed by atoms with Gasteiger partial charge in [-0.2, -0.15) is 0 Å². The van der Waals surface area contributed by atoms with Gasteiger partial charge in [-0.3, -0.25) is 4.79 Å². The van der Waals surface area contributed by atoms with E-state index in [4.69, 9.17) is 14.2 Å². The van der Waals surface area contributed by atoms with Gasteiger partial charge < -0.3 is 19.5 Å². The zero-order valence-electron chi connectivity index (χ0n) is 14.1. The molecule has 0 saturated heterocycles. The number of nitrogens with one attached hydrogen (secondary N) is 1. The summed E-state index contributed by atoms with van der Waals surface area (Å²) >= 11 is 0. The van der Waals surface area contributed by atoms with E-state index in [0.29, 0.717) is 35.3 Å². The van der Waals surface area contributed by atoms with Gasteiger partial charge in [0.2, 0.25) is 11.7 Å². The van der Waals surface area contributed by atoms with E-state index in [9.17, 15) is 4.79 Å². The molecule has 23 heavy (non-hydrogen) atoms. The van der Waals surface area contributed by atoms with Crippen LogP contribution < -0.4 is 19.5 Å². The van der Waals surface area contributed by atoms with Crippen molar-refractivity contribution < 1.29 is 19.0 Å². The lowest BCUT2D eigenvalue weighted by Crippen LogP contribution is -2.20. The number of carbonyl (C=O) groups is 1. The van der Waals surface area contributed by atoms with Gasteiger partial charge in [0.25, 0.3) is 0 Å². The lowest BCUT2D eigenvalue weighted by molar-refractivity contribution is -0.117. The van der Waals surface area contributed by atoms with Crippen molar-refractivity contribution in [2.45, 2.75) is 32.1 Å². The molecule has 0 aromatic heterocycles. The van der Waals surface area contributed by atoms with E-state index in [1.54, 1.807) is 33.5 Å². The van der Waals surface area contributed by atoms with Gasteiger partial charge >= 0.3 is 0 Å². The third-order valence-corrected chi connectivity index (χ3v) is 5.28. The molecule has 2 bridgehead atoms. The normalized spacial score (nSPS) is 25.3. The molecule has 2 aliphatic carbocycles. The molecule has 1 aromatic rings. The third-order valence-electron chi connectivity index (χ3n) is 5.28. The first-order valence-corrected chi connectivity index (χ1v) is 8.24. The van der Waals surface area contributed by atoms with Crippen molar-refractivity contribution in [3.8, 4) is 17.2 Å². The Labute approximate surface area is 137 Å². The van der Waals surface area contributed by atoms with Crippen molar-refractivity contribution in [1.29, 1.82) is 0 Å². The number of fused-ring (bicyclic) bond motifs is 2.